The Kier molecular flexibility index (Phi) is 3.14. The first-order valence-electron chi connectivity index (χ1n) is 10.1. The van der Waals surface area contributed by atoms with E-state index in [4.69, 9.17) is 0 Å². The van der Waals surface area contributed by atoms with E-state index in [0.29, 0.717) is 0 Å². The highest BCUT2D eigenvalue weighted by Crippen LogP contribution is 2.63. The number of rotatable bonds is 0. The maximum atomic E-state index is 14.6. The smallest absolute Gasteiger partial charge is 0.123 e. The zero-order valence-electron chi connectivity index (χ0n) is 16.8. The van der Waals surface area contributed by atoms with Crippen LogP contribution in [-0.2, 0) is 5.41 Å². The van der Waals surface area contributed by atoms with E-state index in [1.54, 1.807) is 12.1 Å². The van der Waals surface area contributed by atoms with Gasteiger partial charge in [-0.25, -0.2) is 4.39 Å². The molecular weight excluding hydrogens is 355 g/mol. The summed E-state index contributed by atoms with van der Waals surface area (Å²) in [5, 5.41) is 0. The zero-order chi connectivity index (χ0) is 19.9. The first-order valence-corrected chi connectivity index (χ1v) is 10.1. The van der Waals surface area contributed by atoms with Crippen LogP contribution < -0.4 is 0 Å². The Morgan fingerprint density at radius 3 is 1.79 bits per heavy atom. The second-order valence-corrected chi connectivity index (χ2v) is 8.54. The summed E-state index contributed by atoms with van der Waals surface area (Å²) >= 11 is 0. The molecule has 0 amide bonds. The predicted octanol–water partition coefficient (Wildman–Crippen LogP) is 7.09. The van der Waals surface area contributed by atoms with Crippen LogP contribution in [-0.4, -0.2) is 0 Å². The fourth-order valence-electron chi connectivity index (χ4n) is 5.70. The van der Waals surface area contributed by atoms with Crippen molar-refractivity contribution in [2.24, 2.45) is 0 Å². The molecule has 0 unspecified atom stereocenters. The van der Waals surface area contributed by atoms with Crippen LogP contribution in [0.15, 0.2) is 72.8 Å². The Labute approximate surface area is 170 Å². The lowest BCUT2D eigenvalue weighted by Crippen LogP contribution is -2.27. The maximum Gasteiger partial charge on any atom is 0.123 e. The molecule has 1 heteroatoms. The molecule has 0 N–H and O–H groups in total. The molecule has 0 nitrogen and oxygen atoms in total. The molecule has 4 aromatic rings. The van der Waals surface area contributed by atoms with Gasteiger partial charge in [0.25, 0.3) is 0 Å². The Balaban J connectivity index is 1.90. The largest absolute Gasteiger partial charge is 0.207 e. The molecule has 0 saturated carbocycles. The molecule has 140 valence electrons. The second-order valence-electron chi connectivity index (χ2n) is 8.54. The predicted molar refractivity (Wildman–Crippen MR) is 117 cm³/mol. The molecular formula is C28H21F. The van der Waals surface area contributed by atoms with E-state index in [2.05, 4.69) is 75.4 Å². The third-order valence-electron chi connectivity index (χ3n) is 6.77. The number of hydrogen-bond donors (Lipinski definition) is 0. The molecule has 0 bridgehead atoms. The van der Waals surface area contributed by atoms with Crippen LogP contribution in [0, 0.1) is 26.6 Å². The van der Waals surface area contributed by atoms with Gasteiger partial charge >= 0.3 is 0 Å². The summed E-state index contributed by atoms with van der Waals surface area (Å²) in [6.45, 7) is 6.47. The third kappa shape index (κ3) is 1.93. The van der Waals surface area contributed by atoms with E-state index < -0.39 is 5.41 Å². The van der Waals surface area contributed by atoms with Crippen molar-refractivity contribution in [3.05, 3.63) is 118 Å². The first-order chi connectivity index (χ1) is 14.0. The van der Waals surface area contributed by atoms with Gasteiger partial charge in [-0.3, -0.25) is 0 Å². The van der Waals surface area contributed by atoms with Crippen molar-refractivity contribution < 1.29 is 4.39 Å². The van der Waals surface area contributed by atoms with Gasteiger partial charge in [0.1, 0.15) is 5.82 Å². The quantitative estimate of drug-likeness (QED) is 0.265. The number of halogens is 1. The Morgan fingerprint density at radius 2 is 1.14 bits per heavy atom. The summed E-state index contributed by atoms with van der Waals surface area (Å²) in [6.07, 6.45) is 0. The van der Waals surface area contributed by atoms with Gasteiger partial charge in [-0.05, 0) is 83.0 Å². The van der Waals surface area contributed by atoms with Gasteiger partial charge in [-0.15, -0.1) is 0 Å². The Morgan fingerprint density at radius 1 is 0.586 bits per heavy atom. The molecule has 0 aliphatic heterocycles. The highest BCUT2D eigenvalue weighted by molar-refractivity contribution is 5.95. The fraction of sp³-hybridized carbons (Fsp3) is 0.143. The molecule has 29 heavy (non-hydrogen) atoms. The average molecular weight is 376 g/mol. The molecule has 6 rings (SSSR count). The molecule has 0 saturated heterocycles. The topological polar surface area (TPSA) is 0 Å². The minimum Gasteiger partial charge on any atom is -0.207 e. The van der Waals surface area contributed by atoms with Crippen LogP contribution in [0.1, 0.15) is 38.9 Å². The molecule has 2 aliphatic carbocycles. The lowest BCUT2D eigenvalue weighted by molar-refractivity contribution is 0.622. The van der Waals surface area contributed by atoms with Gasteiger partial charge in [0.15, 0.2) is 0 Å². The summed E-state index contributed by atoms with van der Waals surface area (Å²) in [6, 6.07) is 25.3. The van der Waals surface area contributed by atoms with Gasteiger partial charge in [0.05, 0.1) is 5.41 Å². The number of fused-ring (bicyclic) bond motifs is 10. The molecule has 0 aromatic heterocycles. The van der Waals surface area contributed by atoms with Crippen LogP contribution in [0.4, 0.5) is 4.39 Å². The van der Waals surface area contributed by atoms with E-state index in [9.17, 15) is 4.39 Å². The highest BCUT2D eigenvalue weighted by atomic mass is 19.1. The van der Waals surface area contributed by atoms with Crippen molar-refractivity contribution in [3.63, 3.8) is 0 Å². The summed E-state index contributed by atoms with van der Waals surface area (Å²) in [7, 11) is 0. The minimum absolute atomic E-state index is 0.177. The Bertz CT molecular complexity index is 1270. The van der Waals surface area contributed by atoms with Crippen molar-refractivity contribution in [1.29, 1.82) is 0 Å². The highest BCUT2D eigenvalue weighted by Gasteiger charge is 2.52. The van der Waals surface area contributed by atoms with Crippen LogP contribution in [0.25, 0.3) is 22.3 Å². The van der Waals surface area contributed by atoms with Gasteiger partial charge in [-0.1, -0.05) is 71.8 Å². The summed E-state index contributed by atoms with van der Waals surface area (Å²) in [4.78, 5) is 0. The molecule has 1 spiro atoms. The van der Waals surface area contributed by atoms with E-state index in [1.807, 2.05) is 6.07 Å². The summed E-state index contributed by atoms with van der Waals surface area (Å²) < 4.78 is 14.6. The van der Waals surface area contributed by atoms with E-state index in [-0.39, 0.29) is 5.82 Å². The molecule has 2 aliphatic rings. The number of aryl methyl sites for hydroxylation is 3. The van der Waals surface area contributed by atoms with Crippen molar-refractivity contribution in [1.82, 2.24) is 0 Å². The SMILES string of the molecule is Cc1ccc2c(c1)C1(c3cc(C)ccc3-2)c2cc(F)ccc2-c2cccc(C)c21. The standard InChI is InChI=1S/C28H21F/c1-16-7-10-20-21-11-8-17(2)14-25(21)28(24(20)13-16)26-15-19(29)9-12-22(26)23-6-4-5-18(3)27(23)28/h4-15H,1-3H3. The lowest BCUT2D eigenvalue weighted by Gasteiger charge is -2.32. The minimum atomic E-state index is -0.458. The van der Waals surface area contributed by atoms with E-state index in [0.717, 1.165) is 11.1 Å². The maximum absolute atomic E-state index is 14.6. The molecule has 0 fully saturated rings. The van der Waals surface area contributed by atoms with Gasteiger partial charge in [0.2, 0.25) is 0 Å². The van der Waals surface area contributed by atoms with Crippen molar-refractivity contribution in [2.45, 2.75) is 26.2 Å². The normalized spacial score (nSPS) is 14.5. The fourth-order valence-corrected chi connectivity index (χ4v) is 5.70. The van der Waals surface area contributed by atoms with Crippen LogP contribution in [0.5, 0.6) is 0 Å². The molecule has 4 aromatic carbocycles. The number of benzene rings is 4. The lowest BCUT2D eigenvalue weighted by atomic mass is 9.69. The monoisotopic (exact) mass is 376 g/mol. The van der Waals surface area contributed by atoms with Crippen molar-refractivity contribution in [2.75, 3.05) is 0 Å². The van der Waals surface area contributed by atoms with Crippen molar-refractivity contribution >= 4 is 0 Å². The van der Waals surface area contributed by atoms with E-state index >= 15 is 0 Å². The molecule has 0 atom stereocenters. The van der Waals surface area contributed by atoms with Crippen LogP contribution in [0.3, 0.4) is 0 Å². The van der Waals surface area contributed by atoms with Crippen molar-refractivity contribution in [3.8, 4) is 22.3 Å². The molecule has 0 heterocycles. The second kappa shape index (κ2) is 5.45. The molecule has 0 radical (unpaired) electrons. The van der Waals surface area contributed by atoms with Gasteiger partial charge in [-0.2, -0.15) is 0 Å². The van der Waals surface area contributed by atoms with E-state index in [1.165, 1.54) is 50.1 Å². The first kappa shape index (κ1) is 16.7. The van der Waals surface area contributed by atoms with Crippen LogP contribution >= 0.6 is 0 Å². The van der Waals surface area contributed by atoms with Gasteiger partial charge < -0.3 is 0 Å². The van der Waals surface area contributed by atoms with Crippen LogP contribution in [0.2, 0.25) is 0 Å². The van der Waals surface area contributed by atoms with Gasteiger partial charge in [0, 0.05) is 0 Å². The third-order valence-corrected chi connectivity index (χ3v) is 6.77. The summed E-state index contributed by atoms with van der Waals surface area (Å²) in [5.41, 5.74) is 13.1. The summed E-state index contributed by atoms with van der Waals surface area (Å²) in [5.74, 6) is -0.177. The number of hydrogen-bond acceptors (Lipinski definition) is 0. The zero-order valence-corrected chi connectivity index (χ0v) is 16.8. The Hall–Kier alpha value is -3.19. The average Bonchev–Trinajstić information content (AvgIpc) is 3.14.